The van der Waals surface area contributed by atoms with Crippen LogP contribution in [-0.4, -0.2) is 25.2 Å². The molecule has 2 unspecified atom stereocenters. The van der Waals surface area contributed by atoms with Crippen molar-refractivity contribution in [1.29, 1.82) is 0 Å². The Kier molecular flexibility index (Phi) is 10.7. The van der Waals surface area contributed by atoms with Crippen LogP contribution >= 0.6 is 0 Å². The summed E-state index contributed by atoms with van der Waals surface area (Å²) >= 11 is 0. The van der Waals surface area contributed by atoms with E-state index < -0.39 is 0 Å². The summed E-state index contributed by atoms with van der Waals surface area (Å²) in [5.41, 5.74) is 0.995. The lowest BCUT2D eigenvalue weighted by Crippen LogP contribution is -2.25. The average molecular weight is 341 g/mol. The SMILES string of the molecule is CCOC(=O)/C(=C(\C(=O)OCC)C(C)CC(C)C)C(C)CC(C)C. The number of esters is 2. The molecule has 0 saturated carbocycles. The van der Waals surface area contributed by atoms with Gasteiger partial charge < -0.3 is 9.47 Å². The van der Waals surface area contributed by atoms with Crippen LogP contribution in [0.3, 0.4) is 0 Å². The largest absolute Gasteiger partial charge is 0.463 e. The van der Waals surface area contributed by atoms with Crippen LogP contribution in [-0.2, 0) is 19.1 Å². The van der Waals surface area contributed by atoms with Gasteiger partial charge in [0.2, 0.25) is 0 Å². The molecule has 24 heavy (non-hydrogen) atoms. The first-order valence-electron chi connectivity index (χ1n) is 9.23. The number of carbonyl (C=O) groups is 2. The average Bonchev–Trinajstić information content (AvgIpc) is 2.42. The van der Waals surface area contributed by atoms with E-state index in [1.807, 2.05) is 13.8 Å². The smallest absolute Gasteiger partial charge is 0.334 e. The van der Waals surface area contributed by atoms with Gasteiger partial charge in [-0.3, -0.25) is 0 Å². The van der Waals surface area contributed by atoms with Crippen molar-refractivity contribution in [2.24, 2.45) is 23.7 Å². The molecule has 0 aliphatic carbocycles. The Morgan fingerprint density at radius 2 is 0.958 bits per heavy atom. The first kappa shape index (κ1) is 22.7. The van der Waals surface area contributed by atoms with Crippen LogP contribution in [0.4, 0.5) is 0 Å². The highest BCUT2D eigenvalue weighted by Gasteiger charge is 2.31. The zero-order valence-electron chi connectivity index (χ0n) is 16.8. The summed E-state index contributed by atoms with van der Waals surface area (Å²) in [6, 6.07) is 0. The van der Waals surface area contributed by atoms with Crippen molar-refractivity contribution in [2.45, 2.75) is 68.2 Å². The Morgan fingerprint density at radius 3 is 1.17 bits per heavy atom. The molecule has 0 aliphatic heterocycles. The summed E-state index contributed by atoms with van der Waals surface area (Å²) in [6.45, 7) is 16.6. The van der Waals surface area contributed by atoms with Gasteiger partial charge in [-0.05, 0) is 50.4 Å². The minimum atomic E-state index is -0.385. The van der Waals surface area contributed by atoms with Crippen LogP contribution in [0.1, 0.15) is 68.2 Å². The molecule has 0 bridgehead atoms. The molecule has 0 spiro atoms. The summed E-state index contributed by atoms with van der Waals surface area (Å²) in [5.74, 6) is -0.00805. The molecule has 0 aromatic rings. The third-order valence-corrected chi connectivity index (χ3v) is 3.92. The fourth-order valence-electron chi connectivity index (χ4n) is 3.22. The van der Waals surface area contributed by atoms with Gasteiger partial charge in [-0.15, -0.1) is 0 Å². The highest BCUT2D eigenvalue weighted by atomic mass is 16.5. The molecule has 0 heterocycles. The molecule has 0 fully saturated rings. The third kappa shape index (κ3) is 7.50. The van der Waals surface area contributed by atoms with E-state index in [1.54, 1.807) is 13.8 Å². The van der Waals surface area contributed by atoms with Crippen LogP contribution in [0, 0.1) is 23.7 Å². The Morgan fingerprint density at radius 1 is 0.667 bits per heavy atom. The summed E-state index contributed by atoms with van der Waals surface area (Å²) in [4.78, 5) is 25.2. The molecular weight excluding hydrogens is 304 g/mol. The molecule has 0 N–H and O–H groups in total. The van der Waals surface area contributed by atoms with Gasteiger partial charge in [0.05, 0.1) is 24.4 Å². The second kappa shape index (κ2) is 11.3. The topological polar surface area (TPSA) is 52.6 Å². The van der Waals surface area contributed by atoms with E-state index in [4.69, 9.17) is 9.47 Å². The molecule has 4 nitrogen and oxygen atoms in total. The summed E-state index contributed by atoms with van der Waals surface area (Å²) < 4.78 is 10.5. The van der Waals surface area contributed by atoms with Crippen molar-refractivity contribution < 1.29 is 19.1 Å². The second-order valence-corrected chi connectivity index (χ2v) is 7.33. The molecular formula is C20H36O4. The first-order chi connectivity index (χ1) is 11.1. The number of hydrogen-bond donors (Lipinski definition) is 0. The molecule has 0 aliphatic rings. The summed E-state index contributed by atoms with van der Waals surface area (Å²) in [6.07, 6.45) is 1.65. The minimum Gasteiger partial charge on any atom is -0.463 e. The monoisotopic (exact) mass is 340 g/mol. The maximum atomic E-state index is 12.6. The van der Waals surface area contributed by atoms with Gasteiger partial charge in [-0.25, -0.2) is 9.59 Å². The van der Waals surface area contributed by atoms with Crippen molar-refractivity contribution in [1.82, 2.24) is 0 Å². The molecule has 2 atom stereocenters. The zero-order valence-corrected chi connectivity index (χ0v) is 16.8. The van der Waals surface area contributed by atoms with Crippen LogP contribution < -0.4 is 0 Å². The van der Waals surface area contributed by atoms with E-state index in [-0.39, 0.29) is 23.8 Å². The quantitative estimate of drug-likeness (QED) is 0.424. The maximum absolute atomic E-state index is 12.6. The lowest BCUT2D eigenvalue weighted by Gasteiger charge is -2.24. The van der Waals surface area contributed by atoms with Gasteiger partial charge in [-0.1, -0.05) is 41.5 Å². The molecule has 0 rings (SSSR count). The minimum absolute atomic E-state index is 0.0435. The molecule has 0 aromatic heterocycles. The molecule has 0 aromatic carbocycles. The van der Waals surface area contributed by atoms with Gasteiger partial charge in [0.15, 0.2) is 0 Å². The van der Waals surface area contributed by atoms with Crippen LogP contribution in [0.5, 0.6) is 0 Å². The molecule has 0 saturated heterocycles. The Bertz CT molecular complexity index is 395. The molecule has 4 heteroatoms. The molecule has 0 radical (unpaired) electrons. The van der Waals surface area contributed by atoms with Gasteiger partial charge in [-0.2, -0.15) is 0 Å². The Labute approximate surface area is 148 Å². The van der Waals surface area contributed by atoms with E-state index in [0.717, 1.165) is 12.8 Å². The normalized spacial score (nSPS) is 15.1. The van der Waals surface area contributed by atoms with E-state index in [2.05, 4.69) is 27.7 Å². The predicted molar refractivity (Wildman–Crippen MR) is 97.5 cm³/mol. The Balaban J connectivity index is 6.07. The number of ether oxygens (including phenoxy) is 2. The van der Waals surface area contributed by atoms with Crippen molar-refractivity contribution in [3.05, 3.63) is 11.1 Å². The number of hydrogen-bond acceptors (Lipinski definition) is 4. The van der Waals surface area contributed by atoms with Crippen LogP contribution in [0.2, 0.25) is 0 Å². The summed E-state index contributed by atoms with van der Waals surface area (Å²) in [7, 11) is 0. The lowest BCUT2D eigenvalue weighted by molar-refractivity contribution is -0.142. The van der Waals surface area contributed by atoms with E-state index >= 15 is 0 Å². The highest BCUT2D eigenvalue weighted by molar-refractivity contribution is 6.01. The summed E-state index contributed by atoms with van der Waals surface area (Å²) in [5, 5.41) is 0. The van der Waals surface area contributed by atoms with Crippen molar-refractivity contribution in [3.63, 3.8) is 0 Å². The Hall–Kier alpha value is -1.32. The van der Waals surface area contributed by atoms with E-state index in [9.17, 15) is 9.59 Å². The molecule has 140 valence electrons. The molecule has 0 amide bonds. The predicted octanol–water partition coefficient (Wildman–Crippen LogP) is 4.77. The van der Waals surface area contributed by atoms with Crippen LogP contribution in [0.15, 0.2) is 11.1 Å². The van der Waals surface area contributed by atoms with Gasteiger partial charge in [0, 0.05) is 0 Å². The number of rotatable bonds is 10. The first-order valence-corrected chi connectivity index (χ1v) is 9.23. The van der Waals surface area contributed by atoms with Crippen molar-refractivity contribution in [3.8, 4) is 0 Å². The van der Waals surface area contributed by atoms with Crippen molar-refractivity contribution in [2.75, 3.05) is 13.2 Å². The lowest BCUT2D eigenvalue weighted by atomic mass is 9.82. The van der Waals surface area contributed by atoms with Crippen molar-refractivity contribution >= 4 is 11.9 Å². The highest BCUT2D eigenvalue weighted by Crippen LogP contribution is 2.31. The van der Waals surface area contributed by atoms with Gasteiger partial charge >= 0.3 is 11.9 Å². The third-order valence-electron chi connectivity index (χ3n) is 3.92. The van der Waals surface area contributed by atoms with Gasteiger partial charge in [0.25, 0.3) is 0 Å². The van der Waals surface area contributed by atoms with E-state index in [0.29, 0.717) is 36.2 Å². The van der Waals surface area contributed by atoms with E-state index in [1.165, 1.54) is 0 Å². The number of carbonyl (C=O) groups excluding carboxylic acids is 2. The maximum Gasteiger partial charge on any atom is 0.334 e. The fourth-order valence-corrected chi connectivity index (χ4v) is 3.22. The van der Waals surface area contributed by atoms with Crippen LogP contribution in [0.25, 0.3) is 0 Å². The van der Waals surface area contributed by atoms with Gasteiger partial charge in [0.1, 0.15) is 0 Å². The standard InChI is InChI=1S/C20H36O4/c1-9-23-19(21)17(15(7)11-13(3)4)18(20(22)24-10-2)16(8)12-14(5)6/h13-16H,9-12H2,1-8H3/b18-17-. The fraction of sp³-hybridized carbons (Fsp3) is 0.800. The second-order valence-electron chi connectivity index (χ2n) is 7.33. The zero-order chi connectivity index (χ0) is 18.9.